The number of rotatable bonds is 4. The molecule has 2 aromatic carbocycles. The molecule has 4 rings (SSSR count). The van der Waals surface area contributed by atoms with E-state index in [-0.39, 0.29) is 41.9 Å². The van der Waals surface area contributed by atoms with Gasteiger partial charge in [0.05, 0.1) is 18.2 Å². The molecule has 2 aliphatic heterocycles. The van der Waals surface area contributed by atoms with Gasteiger partial charge in [0.2, 0.25) is 5.91 Å². The van der Waals surface area contributed by atoms with E-state index >= 15 is 0 Å². The van der Waals surface area contributed by atoms with Crippen molar-refractivity contribution in [3.8, 4) is 0 Å². The van der Waals surface area contributed by atoms with Crippen molar-refractivity contribution in [1.82, 2.24) is 16.2 Å². The highest BCUT2D eigenvalue weighted by molar-refractivity contribution is 5.73. The highest BCUT2D eigenvalue weighted by Gasteiger charge is 2.41. The zero-order chi connectivity index (χ0) is 19.5. The molecular formula is C22H26FN3O2. The standard InChI is InChI=1S/C22H26FN3O2/c1-14(27)25-18-11-20(15-5-3-2-4-6-15)28-21(12-18)19-13-24-26-22(19)16-7-9-17(23)10-8-16/h2-10,18-22,24,26H,11-13H2,1H3,(H,25,27)/t18-,19?,20-,21+,22?/m0/s1. The van der Waals surface area contributed by atoms with Crippen molar-refractivity contribution in [3.63, 3.8) is 0 Å². The molecule has 2 unspecified atom stereocenters. The Hall–Kier alpha value is -2.28. The molecule has 1 amide bonds. The summed E-state index contributed by atoms with van der Waals surface area (Å²) < 4.78 is 19.9. The number of hydrazine groups is 1. The van der Waals surface area contributed by atoms with Gasteiger partial charge in [0.15, 0.2) is 0 Å². The maximum Gasteiger partial charge on any atom is 0.217 e. The Morgan fingerprint density at radius 3 is 2.54 bits per heavy atom. The maximum absolute atomic E-state index is 13.3. The number of carbonyl (C=O) groups is 1. The Labute approximate surface area is 164 Å². The number of carbonyl (C=O) groups excluding carboxylic acids is 1. The van der Waals surface area contributed by atoms with E-state index in [2.05, 4.69) is 28.3 Å². The van der Waals surface area contributed by atoms with E-state index < -0.39 is 0 Å². The molecule has 2 aromatic rings. The lowest BCUT2D eigenvalue weighted by molar-refractivity contribution is -0.123. The largest absolute Gasteiger partial charge is 0.370 e. The molecule has 0 bridgehead atoms. The molecule has 0 aliphatic carbocycles. The van der Waals surface area contributed by atoms with Gasteiger partial charge in [-0.05, 0) is 36.1 Å². The number of benzene rings is 2. The van der Waals surface area contributed by atoms with Gasteiger partial charge in [0.1, 0.15) is 5.82 Å². The van der Waals surface area contributed by atoms with Gasteiger partial charge in [0, 0.05) is 25.4 Å². The summed E-state index contributed by atoms with van der Waals surface area (Å²) in [6.45, 7) is 2.31. The van der Waals surface area contributed by atoms with E-state index in [1.54, 1.807) is 6.92 Å². The molecule has 5 atom stereocenters. The topological polar surface area (TPSA) is 62.4 Å². The lowest BCUT2D eigenvalue weighted by Gasteiger charge is -2.39. The molecule has 3 N–H and O–H groups in total. The van der Waals surface area contributed by atoms with Crippen molar-refractivity contribution in [2.24, 2.45) is 5.92 Å². The first-order valence-corrected chi connectivity index (χ1v) is 9.81. The average molecular weight is 383 g/mol. The Bertz CT molecular complexity index is 799. The van der Waals surface area contributed by atoms with Crippen LogP contribution in [-0.4, -0.2) is 24.6 Å². The van der Waals surface area contributed by atoms with Crippen LogP contribution in [0.4, 0.5) is 4.39 Å². The van der Waals surface area contributed by atoms with Gasteiger partial charge in [-0.3, -0.25) is 10.2 Å². The zero-order valence-corrected chi connectivity index (χ0v) is 15.9. The summed E-state index contributed by atoms with van der Waals surface area (Å²) in [6.07, 6.45) is 1.42. The van der Waals surface area contributed by atoms with Gasteiger partial charge in [-0.15, -0.1) is 0 Å². The third-order valence-corrected chi connectivity index (χ3v) is 5.66. The predicted molar refractivity (Wildman–Crippen MR) is 105 cm³/mol. The number of amides is 1. The van der Waals surface area contributed by atoms with Crippen LogP contribution in [0.15, 0.2) is 54.6 Å². The summed E-state index contributed by atoms with van der Waals surface area (Å²) in [5.74, 6) is -0.0847. The van der Waals surface area contributed by atoms with Crippen LogP contribution in [0.25, 0.3) is 0 Å². The van der Waals surface area contributed by atoms with Crippen LogP contribution < -0.4 is 16.2 Å². The van der Waals surface area contributed by atoms with Crippen LogP contribution in [0, 0.1) is 11.7 Å². The van der Waals surface area contributed by atoms with E-state index in [4.69, 9.17) is 4.74 Å². The van der Waals surface area contributed by atoms with Crippen molar-refractivity contribution < 1.29 is 13.9 Å². The van der Waals surface area contributed by atoms with E-state index in [9.17, 15) is 9.18 Å². The highest BCUT2D eigenvalue weighted by Crippen LogP contribution is 2.39. The Morgan fingerprint density at radius 1 is 1.07 bits per heavy atom. The average Bonchev–Trinajstić information content (AvgIpc) is 3.18. The van der Waals surface area contributed by atoms with Gasteiger partial charge in [-0.25, -0.2) is 9.82 Å². The third-order valence-electron chi connectivity index (χ3n) is 5.66. The van der Waals surface area contributed by atoms with Crippen molar-refractivity contribution >= 4 is 5.91 Å². The third kappa shape index (κ3) is 4.24. The number of nitrogens with one attached hydrogen (secondary N) is 3. The van der Waals surface area contributed by atoms with Gasteiger partial charge in [0.25, 0.3) is 0 Å². The second-order valence-electron chi connectivity index (χ2n) is 7.66. The molecule has 0 aromatic heterocycles. The fourth-order valence-electron chi connectivity index (χ4n) is 4.38. The van der Waals surface area contributed by atoms with Crippen molar-refractivity contribution in [3.05, 3.63) is 71.5 Å². The quantitative estimate of drug-likeness (QED) is 0.760. The lowest BCUT2D eigenvalue weighted by atomic mass is 9.83. The first-order valence-electron chi connectivity index (χ1n) is 9.81. The SMILES string of the molecule is CC(=O)N[C@H]1C[C@@H](c2ccccc2)O[C@@H](C2CNNC2c2ccc(F)cc2)C1. The molecule has 28 heavy (non-hydrogen) atoms. The molecule has 6 heteroatoms. The molecule has 2 heterocycles. The van der Waals surface area contributed by atoms with Crippen LogP contribution in [0.1, 0.15) is 43.0 Å². The Morgan fingerprint density at radius 2 is 1.82 bits per heavy atom. The normalized spacial score (nSPS) is 30.1. The molecule has 2 fully saturated rings. The second kappa shape index (κ2) is 8.39. The Balaban J connectivity index is 1.57. The summed E-state index contributed by atoms with van der Waals surface area (Å²) in [5.41, 5.74) is 8.69. The van der Waals surface area contributed by atoms with Gasteiger partial charge in [-0.1, -0.05) is 42.5 Å². The summed E-state index contributed by atoms with van der Waals surface area (Å²) in [6, 6.07) is 16.8. The Kier molecular flexibility index (Phi) is 5.71. The van der Waals surface area contributed by atoms with E-state index in [0.717, 1.165) is 30.5 Å². The molecule has 5 nitrogen and oxygen atoms in total. The first-order chi connectivity index (χ1) is 13.6. The molecular weight excluding hydrogens is 357 g/mol. The van der Waals surface area contributed by atoms with Crippen LogP contribution in [0.2, 0.25) is 0 Å². The van der Waals surface area contributed by atoms with Crippen LogP contribution in [0.5, 0.6) is 0 Å². The van der Waals surface area contributed by atoms with E-state index in [1.807, 2.05) is 30.3 Å². The summed E-state index contributed by atoms with van der Waals surface area (Å²) in [5, 5.41) is 3.09. The first kappa shape index (κ1) is 19.1. The maximum atomic E-state index is 13.3. The van der Waals surface area contributed by atoms with Crippen molar-refractivity contribution in [2.75, 3.05) is 6.54 Å². The number of ether oxygens (including phenoxy) is 1. The fourth-order valence-corrected chi connectivity index (χ4v) is 4.38. The van der Waals surface area contributed by atoms with Gasteiger partial charge >= 0.3 is 0 Å². The summed E-state index contributed by atoms with van der Waals surface area (Å²) in [4.78, 5) is 11.7. The second-order valence-corrected chi connectivity index (χ2v) is 7.66. The lowest BCUT2D eigenvalue weighted by Crippen LogP contribution is -2.45. The van der Waals surface area contributed by atoms with E-state index in [0.29, 0.717) is 0 Å². The van der Waals surface area contributed by atoms with Gasteiger partial charge < -0.3 is 10.1 Å². The minimum absolute atomic E-state index is 0.0183. The summed E-state index contributed by atoms with van der Waals surface area (Å²) >= 11 is 0. The van der Waals surface area contributed by atoms with Crippen LogP contribution >= 0.6 is 0 Å². The predicted octanol–water partition coefficient (Wildman–Crippen LogP) is 3.02. The minimum atomic E-state index is -0.241. The molecule has 2 saturated heterocycles. The van der Waals surface area contributed by atoms with Crippen LogP contribution in [0.3, 0.4) is 0 Å². The molecule has 0 spiro atoms. The fraction of sp³-hybridized carbons (Fsp3) is 0.409. The highest BCUT2D eigenvalue weighted by atomic mass is 19.1. The minimum Gasteiger partial charge on any atom is -0.370 e. The van der Waals surface area contributed by atoms with Gasteiger partial charge in [-0.2, -0.15) is 0 Å². The molecule has 0 radical (unpaired) electrons. The summed E-state index contributed by atoms with van der Waals surface area (Å²) in [7, 11) is 0. The molecule has 148 valence electrons. The van der Waals surface area contributed by atoms with Crippen LogP contribution in [-0.2, 0) is 9.53 Å². The number of hydrogen-bond acceptors (Lipinski definition) is 4. The monoisotopic (exact) mass is 383 g/mol. The molecule has 2 aliphatic rings. The zero-order valence-electron chi connectivity index (χ0n) is 15.9. The van der Waals surface area contributed by atoms with E-state index in [1.165, 1.54) is 12.1 Å². The molecule has 0 saturated carbocycles. The number of halogens is 1. The van der Waals surface area contributed by atoms with Crippen molar-refractivity contribution in [1.29, 1.82) is 0 Å². The number of hydrogen-bond donors (Lipinski definition) is 3. The smallest absolute Gasteiger partial charge is 0.217 e. The van der Waals surface area contributed by atoms with Crippen molar-refractivity contribution in [2.45, 2.75) is 44.1 Å².